The molecule has 2 aromatic rings. The van der Waals surface area contributed by atoms with Gasteiger partial charge >= 0.3 is 0 Å². The summed E-state index contributed by atoms with van der Waals surface area (Å²) in [5.41, 5.74) is 2.85. The fraction of sp³-hybridized carbons (Fsp3) is 0.333. The lowest BCUT2D eigenvalue weighted by Gasteiger charge is -2.32. The molecule has 0 bridgehead atoms. The molecule has 120 valence electrons. The zero-order valence-electron chi connectivity index (χ0n) is 13.1. The molecule has 3 rings (SSSR count). The highest BCUT2D eigenvalue weighted by molar-refractivity contribution is 6.30. The molecule has 5 heteroatoms. The van der Waals surface area contributed by atoms with E-state index in [0.29, 0.717) is 16.8 Å². The first-order valence-electron chi connectivity index (χ1n) is 7.86. The number of likely N-dealkylation sites (tertiary alicyclic amines) is 1. The maximum Gasteiger partial charge on any atom is 0.272 e. The minimum Gasteiger partial charge on any atom is -0.382 e. The van der Waals surface area contributed by atoms with Gasteiger partial charge in [0.15, 0.2) is 0 Å². The van der Waals surface area contributed by atoms with Crippen molar-refractivity contribution in [2.24, 2.45) is 0 Å². The molecule has 0 unspecified atom stereocenters. The summed E-state index contributed by atoms with van der Waals surface area (Å²) < 4.78 is 0. The number of hydrogen-bond acceptors (Lipinski definition) is 3. The van der Waals surface area contributed by atoms with Gasteiger partial charge in [-0.05, 0) is 49.6 Å². The van der Waals surface area contributed by atoms with Crippen LogP contribution in [0.5, 0.6) is 0 Å². The molecule has 23 heavy (non-hydrogen) atoms. The molecule has 1 fully saturated rings. The van der Waals surface area contributed by atoms with Gasteiger partial charge in [0.2, 0.25) is 0 Å². The first-order chi connectivity index (χ1) is 11.1. The number of piperidine rings is 1. The minimum absolute atomic E-state index is 0.0179. The van der Waals surface area contributed by atoms with E-state index in [1.165, 1.54) is 11.8 Å². The summed E-state index contributed by atoms with van der Waals surface area (Å²) >= 11 is 5.81. The van der Waals surface area contributed by atoms with Crippen molar-refractivity contribution in [3.05, 3.63) is 58.9 Å². The predicted molar refractivity (Wildman–Crippen MR) is 93.0 cm³/mol. The molecule has 4 nitrogen and oxygen atoms in total. The normalized spacial score (nSPS) is 15.5. The Balaban J connectivity index is 1.55. The van der Waals surface area contributed by atoms with E-state index < -0.39 is 0 Å². The van der Waals surface area contributed by atoms with Crippen molar-refractivity contribution in [3.63, 3.8) is 0 Å². The number of pyridine rings is 1. The second-order valence-corrected chi connectivity index (χ2v) is 6.38. The van der Waals surface area contributed by atoms with Crippen LogP contribution in [0.2, 0.25) is 5.02 Å². The Bertz CT molecular complexity index is 679. The molecule has 0 atom stereocenters. The minimum atomic E-state index is -0.0179. The van der Waals surface area contributed by atoms with Gasteiger partial charge in [0, 0.05) is 31.0 Å². The number of nitrogens with one attached hydrogen (secondary N) is 1. The van der Waals surface area contributed by atoms with Crippen LogP contribution in [0, 0.1) is 6.92 Å². The van der Waals surface area contributed by atoms with Crippen molar-refractivity contribution >= 4 is 23.2 Å². The van der Waals surface area contributed by atoms with Gasteiger partial charge in [-0.2, -0.15) is 0 Å². The van der Waals surface area contributed by atoms with E-state index in [4.69, 9.17) is 11.6 Å². The Morgan fingerprint density at radius 1 is 1.26 bits per heavy atom. The lowest BCUT2D eigenvalue weighted by Crippen LogP contribution is -2.42. The molecule has 0 aliphatic carbocycles. The molecular weight excluding hydrogens is 310 g/mol. The molecule has 0 spiro atoms. The average Bonchev–Trinajstić information content (AvgIpc) is 2.56. The monoisotopic (exact) mass is 329 g/mol. The summed E-state index contributed by atoms with van der Waals surface area (Å²) in [6, 6.07) is 12.2. The molecule has 2 heterocycles. The molecular formula is C18H20ClN3O. The SMILES string of the molecule is Cc1cccc(NC2CCN(C(=O)c3ccc(Cl)cn3)CC2)c1. The lowest BCUT2D eigenvalue weighted by molar-refractivity contribution is 0.0712. The molecule has 1 amide bonds. The van der Waals surface area contributed by atoms with E-state index in [1.807, 2.05) is 4.90 Å². The predicted octanol–water partition coefficient (Wildman–Crippen LogP) is 3.76. The number of carbonyl (C=O) groups is 1. The highest BCUT2D eigenvalue weighted by Crippen LogP contribution is 2.19. The van der Waals surface area contributed by atoms with Crippen molar-refractivity contribution < 1.29 is 4.79 Å². The van der Waals surface area contributed by atoms with Gasteiger partial charge in [0.25, 0.3) is 5.91 Å². The standard InChI is InChI=1S/C18H20ClN3O/c1-13-3-2-4-16(11-13)21-15-7-9-22(10-8-15)18(23)17-6-5-14(19)12-20-17/h2-6,11-12,15,21H,7-10H2,1H3. The Morgan fingerprint density at radius 2 is 2.04 bits per heavy atom. The highest BCUT2D eigenvalue weighted by atomic mass is 35.5. The van der Waals surface area contributed by atoms with E-state index in [1.54, 1.807) is 12.1 Å². The van der Waals surface area contributed by atoms with Crippen LogP contribution in [0.15, 0.2) is 42.6 Å². The number of anilines is 1. The third-order valence-corrected chi connectivity index (χ3v) is 4.34. The van der Waals surface area contributed by atoms with Crippen molar-refractivity contribution in [2.45, 2.75) is 25.8 Å². The van der Waals surface area contributed by atoms with Crippen LogP contribution in [-0.4, -0.2) is 34.9 Å². The summed E-state index contributed by atoms with van der Waals surface area (Å²) in [6.07, 6.45) is 3.39. The van der Waals surface area contributed by atoms with Crippen molar-refractivity contribution in [1.29, 1.82) is 0 Å². The molecule has 1 saturated heterocycles. The van der Waals surface area contributed by atoms with Gasteiger partial charge in [-0.3, -0.25) is 4.79 Å². The summed E-state index contributed by atoms with van der Waals surface area (Å²) in [5.74, 6) is -0.0179. The number of halogens is 1. The average molecular weight is 330 g/mol. The van der Waals surface area contributed by atoms with Gasteiger partial charge in [-0.15, -0.1) is 0 Å². The number of nitrogens with zero attached hydrogens (tertiary/aromatic N) is 2. The molecule has 1 aliphatic heterocycles. The van der Waals surface area contributed by atoms with E-state index in [-0.39, 0.29) is 5.91 Å². The van der Waals surface area contributed by atoms with Crippen LogP contribution in [0.3, 0.4) is 0 Å². The molecule has 0 radical (unpaired) electrons. The lowest BCUT2D eigenvalue weighted by atomic mass is 10.0. The molecule has 1 N–H and O–H groups in total. The van der Waals surface area contributed by atoms with Gasteiger partial charge in [0.05, 0.1) is 5.02 Å². The Hall–Kier alpha value is -2.07. The summed E-state index contributed by atoms with van der Waals surface area (Å²) in [7, 11) is 0. The number of benzene rings is 1. The van der Waals surface area contributed by atoms with E-state index in [2.05, 4.69) is 41.5 Å². The zero-order chi connectivity index (χ0) is 16.2. The molecule has 0 saturated carbocycles. The van der Waals surface area contributed by atoms with Crippen LogP contribution in [-0.2, 0) is 0 Å². The van der Waals surface area contributed by atoms with Gasteiger partial charge in [-0.1, -0.05) is 23.7 Å². The number of aryl methyl sites for hydroxylation is 1. The number of rotatable bonds is 3. The summed E-state index contributed by atoms with van der Waals surface area (Å²) in [5, 5.41) is 4.10. The fourth-order valence-corrected chi connectivity index (χ4v) is 2.97. The Kier molecular flexibility index (Phi) is 4.82. The van der Waals surface area contributed by atoms with Crippen molar-refractivity contribution in [1.82, 2.24) is 9.88 Å². The zero-order valence-corrected chi connectivity index (χ0v) is 13.9. The second kappa shape index (κ2) is 7.01. The van der Waals surface area contributed by atoms with Crippen LogP contribution < -0.4 is 5.32 Å². The smallest absolute Gasteiger partial charge is 0.272 e. The third kappa shape index (κ3) is 4.02. The summed E-state index contributed by atoms with van der Waals surface area (Å²) in [6.45, 7) is 3.57. The number of aromatic nitrogens is 1. The third-order valence-electron chi connectivity index (χ3n) is 4.12. The Labute approximate surface area is 141 Å². The number of carbonyl (C=O) groups excluding carboxylic acids is 1. The van der Waals surface area contributed by atoms with Crippen LogP contribution in [0.25, 0.3) is 0 Å². The topological polar surface area (TPSA) is 45.2 Å². The van der Waals surface area contributed by atoms with Crippen LogP contribution in [0.4, 0.5) is 5.69 Å². The first kappa shape index (κ1) is 15.8. The van der Waals surface area contributed by atoms with Crippen molar-refractivity contribution in [2.75, 3.05) is 18.4 Å². The van der Waals surface area contributed by atoms with Crippen molar-refractivity contribution in [3.8, 4) is 0 Å². The van der Waals surface area contributed by atoms with Crippen LogP contribution in [0.1, 0.15) is 28.9 Å². The summed E-state index contributed by atoms with van der Waals surface area (Å²) in [4.78, 5) is 18.4. The molecule has 1 aromatic carbocycles. The van der Waals surface area contributed by atoms with Gasteiger partial charge in [-0.25, -0.2) is 4.98 Å². The number of amides is 1. The quantitative estimate of drug-likeness (QED) is 0.932. The van der Waals surface area contributed by atoms with Gasteiger partial charge in [0.1, 0.15) is 5.69 Å². The number of hydrogen-bond donors (Lipinski definition) is 1. The van der Waals surface area contributed by atoms with Gasteiger partial charge < -0.3 is 10.2 Å². The fourth-order valence-electron chi connectivity index (χ4n) is 2.86. The van der Waals surface area contributed by atoms with E-state index >= 15 is 0 Å². The second-order valence-electron chi connectivity index (χ2n) is 5.94. The van der Waals surface area contributed by atoms with E-state index in [9.17, 15) is 4.79 Å². The Morgan fingerprint density at radius 3 is 2.70 bits per heavy atom. The van der Waals surface area contributed by atoms with E-state index in [0.717, 1.165) is 31.6 Å². The maximum atomic E-state index is 12.4. The molecule has 1 aliphatic rings. The maximum absolute atomic E-state index is 12.4. The largest absolute Gasteiger partial charge is 0.382 e. The first-order valence-corrected chi connectivity index (χ1v) is 8.23. The van der Waals surface area contributed by atoms with Crippen LogP contribution >= 0.6 is 11.6 Å². The molecule has 1 aromatic heterocycles. The highest BCUT2D eigenvalue weighted by Gasteiger charge is 2.24.